The molecule has 4 rings (SSSR count). The number of benzene rings is 3. The molecule has 3 aromatic rings. The molecule has 1 fully saturated rings. The molecule has 0 bridgehead atoms. The highest BCUT2D eigenvalue weighted by atomic mass is 16.2. The number of hydrogen-bond acceptors (Lipinski definition) is 2. The van der Waals surface area contributed by atoms with E-state index in [-0.39, 0.29) is 17.9 Å². The summed E-state index contributed by atoms with van der Waals surface area (Å²) in [4.78, 5) is 29.6. The number of rotatable bonds is 11. The van der Waals surface area contributed by atoms with Crippen molar-refractivity contribution in [3.63, 3.8) is 0 Å². The fraction of sp³-hybridized carbons (Fsp3) is 0.412. The average molecular weight is 511 g/mol. The van der Waals surface area contributed by atoms with Crippen molar-refractivity contribution in [2.75, 3.05) is 0 Å². The molecular weight excluding hydrogens is 468 g/mol. The summed E-state index contributed by atoms with van der Waals surface area (Å²) in [6, 6.07) is 26.4. The molecular formula is C34H42N2O2. The number of nitrogens with one attached hydrogen (secondary N) is 1. The van der Waals surface area contributed by atoms with E-state index in [4.69, 9.17) is 0 Å². The molecule has 200 valence electrons. The minimum Gasteiger partial charge on any atom is -0.352 e. The van der Waals surface area contributed by atoms with Crippen molar-refractivity contribution >= 4 is 11.8 Å². The third-order valence-corrected chi connectivity index (χ3v) is 7.85. The molecule has 0 aromatic heterocycles. The fourth-order valence-electron chi connectivity index (χ4n) is 5.36. The quantitative estimate of drug-likeness (QED) is 0.310. The largest absolute Gasteiger partial charge is 0.352 e. The summed E-state index contributed by atoms with van der Waals surface area (Å²) in [5.41, 5.74) is 5.71. The Balaban J connectivity index is 1.59. The van der Waals surface area contributed by atoms with Gasteiger partial charge in [0.15, 0.2) is 0 Å². The zero-order chi connectivity index (χ0) is 26.9. The minimum atomic E-state index is -0.562. The van der Waals surface area contributed by atoms with Crippen LogP contribution in [0.15, 0.2) is 78.9 Å². The maximum atomic E-state index is 13.9. The van der Waals surface area contributed by atoms with E-state index >= 15 is 0 Å². The van der Waals surface area contributed by atoms with Crippen LogP contribution in [0.2, 0.25) is 0 Å². The molecule has 4 heteroatoms. The third kappa shape index (κ3) is 7.56. The molecule has 0 saturated heterocycles. The van der Waals surface area contributed by atoms with Crippen LogP contribution in [0.3, 0.4) is 0 Å². The van der Waals surface area contributed by atoms with Crippen LogP contribution in [0.25, 0.3) is 0 Å². The Labute approximate surface area is 228 Å². The Morgan fingerprint density at radius 2 is 1.53 bits per heavy atom. The summed E-state index contributed by atoms with van der Waals surface area (Å²) in [6.07, 6.45) is 5.86. The second kappa shape index (κ2) is 13.4. The Hall–Kier alpha value is -3.40. The lowest BCUT2D eigenvalue weighted by molar-refractivity contribution is -0.141. The van der Waals surface area contributed by atoms with Gasteiger partial charge < -0.3 is 10.2 Å². The lowest BCUT2D eigenvalue weighted by atomic mass is 9.98. The standard InChI is InChI=1S/C34H42N2O2/c1-25(2)29-20-17-27(18-21-29)19-22-33(37)36(24-30-14-8-7-11-26(30)3)32(23-28-12-5-4-6-13-28)34(38)35-31-15-9-10-16-31/h4-8,11-14,17-18,20-21,25,31-32H,9-10,15-16,19,22-24H2,1-3H3,(H,35,38). The zero-order valence-electron chi connectivity index (χ0n) is 23.2. The molecule has 1 saturated carbocycles. The van der Waals surface area contributed by atoms with Gasteiger partial charge >= 0.3 is 0 Å². The number of amides is 2. The van der Waals surface area contributed by atoms with Gasteiger partial charge in [-0.05, 0) is 59.9 Å². The average Bonchev–Trinajstić information content (AvgIpc) is 3.44. The summed E-state index contributed by atoms with van der Waals surface area (Å²) in [5.74, 6) is 0.458. The Bertz CT molecular complexity index is 1180. The highest BCUT2D eigenvalue weighted by Crippen LogP contribution is 2.22. The van der Waals surface area contributed by atoms with Crippen molar-refractivity contribution in [1.29, 1.82) is 0 Å². The van der Waals surface area contributed by atoms with Gasteiger partial charge in [0, 0.05) is 25.4 Å². The second-order valence-corrected chi connectivity index (χ2v) is 11.0. The van der Waals surface area contributed by atoms with E-state index in [1.807, 2.05) is 47.4 Å². The highest BCUT2D eigenvalue weighted by Gasteiger charge is 2.32. The molecule has 1 aliphatic rings. The van der Waals surface area contributed by atoms with Gasteiger partial charge in [0.25, 0.3) is 0 Å². The first-order valence-corrected chi connectivity index (χ1v) is 14.2. The first kappa shape index (κ1) is 27.6. The van der Waals surface area contributed by atoms with E-state index in [0.29, 0.717) is 31.7 Å². The van der Waals surface area contributed by atoms with Crippen molar-refractivity contribution < 1.29 is 9.59 Å². The van der Waals surface area contributed by atoms with E-state index in [1.54, 1.807) is 0 Å². The summed E-state index contributed by atoms with van der Waals surface area (Å²) in [7, 11) is 0. The number of nitrogens with zero attached hydrogens (tertiary/aromatic N) is 1. The molecule has 38 heavy (non-hydrogen) atoms. The maximum Gasteiger partial charge on any atom is 0.243 e. The second-order valence-electron chi connectivity index (χ2n) is 11.0. The van der Waals surface area contributed by atoms with Crippen LogP contribution >= 0.6 is 0 Å². The topological polar surface area (TPSA) is 49.4 Å². The molecule has 4 nitrogen and oxygen atoms in total. The lowest BCUT2D eigenvalue weighted by Crippen LogP contribution is -2.52. The molecule has 1 aliphatic carbocycles. The van der Waals surface area contributed by atoms with Gasteiger partial charge in [-0.3, -0.25) is 9.59 Å². The minimum absolute atomic E-state index is 0.0173. The van der Waals surface area contributed by atoms with Crippen LogP contribution < -0.4 is 5.32 Å². The van der Waals surface area contributed by atoms with Crippen LogP contribution in [-0.2, 0) is 29.0 Å². The molecule has 1 atom stereocenters. The predicted octanol–water partition coefficient (Wildman–Crippen LogP) is 6.75. The molecule has 0 heterocycles. The van der Waals surface area contributed by atoms with E-state index in [1.165, 1.54) is 5.56 Å². The van der Waals surface area contributed by atoms with Gasteiger partial charge in [-0.25, -0.2) is 0 Å². The van der Waals surface area contributed by atoms with Crippen molar-refractivity contribution in [1.82, 2.24) is 10.2 Å². The van der Waals surface area contributed by atoms with Gasteiger partial charge in [0.05, 0.1) is 0 Å². The number of aryl methyl sites for hydroxylation is 2. The normalized spacial score (nSPS) is 14.4. The van der Waals surface area contributed by atoms with Gasteiger partial charge in [0.1, 0.15) is 6.04 Å². The van der Waals surface area contributed by atoms with Crippen molar-refractivity contribution in [2.24, 2.45) is 0 Å². The number of hydrogen-bond donors (Lipinski definition) is 1. The smallest absolute Gasteiger partial charge is 0.243 e. The summed E-state index contributed by atoms with van der Waals surface area (Å²) >= 11 is 0. The van der Waals surface area contributed by atoms with E-state index in [9.17, 15) is 9.59 Å². The SMILES string of the molecule is Cc1ccccc1CN(C(=O)CCc1ccc(C(C)C)cc1)C(Cc1ccccc1)C(=O)NC1CCCC1. The molecule has 0 spiro atoms. The van der Waals surface area contributed by atoms with Crippen LogP contribution in [0, 0.1) is 6.92 Å². The fourth-order valence-corrected chi connectivity index (χ4v) is 5.36. The number of carbonyl (C=O) groups excluding carboxylic acids is 2. The van der Waals surface area contributed by atoms with E-state index in [0.717, 1.165) is 47.9 Å². The molecule has 1 unspecified atom stereocenters. The van der Waals surface area contributed by atoms with Crippen molar-refractivity contribution in [2.45, 2.75) is 90.3 Å². The number of carbonyl (C=O) groups is 2. The van der Waals surface area contributed by atoms with Gasteiger partial charge in [-0.2, -0.15) is 0 Å². The molecule has 2 amide bonds. The Morgan fingerprint density at radius 1 is 0.868 bits per heavy atom. The highest BCUT2D eigenvalue weighted by molar-refractivity contribution is 5.88. The van der Waals surface area contributed by atoms with Crippen LogP contribution in [0.5, 0.6) is 0 Å². The van der Waals surface area contributed by atoms with E-state index < -0.39 is 6.04 Å². The maximum absolute atomic E-state index is 13.9. The first-order chi connectivity index (χ1) is 18.4. The van der Waals surface area contributed by atoms with Crippen LogP contribution in [0.4, 0.5) is 0 Å². The molecule has 1 N–H and O–H groups in total. The van der Waals surface area contributed by atoms with Crippen molar-refractivity contribution in [3.8, 4) is 0 Å². The van der Waals surface area contributed by atoms with Crippen LogP contribution in [0.1, 0.15) is 79.7 Å². The Kier molecular flexibility index (Phi) is 9.75. The zero-order valence-corrected chi connectivity index (χ0v) is 23.2. The molecule has 3 aromatic carbocycles. The third-order valence-electron chi connectivity index (χ3n) is 7.85. The molecule has 0 radical (unpaired) electrons. The first-order valence-electron chi connectivity index (χ1n) is 14.2. The predicted molar refractivity (Wildman–Crippen MR) is 155 cm³/mol. The van der Waals surface area contributed by atoms with Crippen molar-refractivity contribution in [3.05, 3.63) is 107 Å². The summed E-state index contributed by atoms with van der Waals surface area (Å²) < 4.78 is 0. The Morgan fingerprint density at radius 3 is 2.18 bits per heavy atom. The van der Waals surface area contributed by atoms with E-state index in [2.05, 4.69) is 62.5 Å². The molecule has 0 aliphatic heterocycles. The lowest BCUT2D eigenvalue weighted by Gasteiger charge is -2.33. The van der Waals surface area contributed by atoms with Crippen LogP contribution in [-0.4, -0.2) is 28.8 Å². The van der Waals surface area contributed by atoms with Gasteiger partial charge in [0.2, 0.25) is 11.8 Å². The summed E-state index contributed by atoms with van der Waals surface area (Å²) in [5, 5.41) is 3.29. The summed E-state index contributed by atoms with van der Waals surface area (Å²) in [6.45, 7) is 6.86. The monoisotopic (exact) mass is 510 g/mol. The van der Waals surface area contributed by atoms with Gasteiger partial charge in [-0.1, -0.05) is 106 Å². The van der Waals surface area contributed by atoms with Gasteiger partial charge in [-0.15, -0.1) is 0 Å².